The molecule has 3 saturated heterocycles. The molecule has 3 aliphatic heterocycles. The highest BCUT2D eigenvalue weighted by Crippen LogP contribution is 2.51. The molecule has 3 aliphatic rings. The average molecular weight is 797 g/mol. The maximum atomic E-state index is 13.5. The minimum atomic E-state index is -3.98. The molecule has 0 unspecified atom stereocenters. The van der Waals surface area contributed by atoms with E-state index in [1.807, 2.05) is 6.92 Å². The van der Waals surface area contributed by atoms with E-state index in [-0.39, 0.29) is 47.9 Å². The lowest BCUT2D eigenvalue weighted by molar-refractivity contribution is -0.355. The molecule has 8 nitrogen and oxygen atoms in total. The molecule has 10 atom stereocenters. The van der Waals surface area contributed by atoms with E-state index < -0.39 is 38.6 Å². The van der Waals surface area contributed by atoms with Crippen LogP contribution in [0.25, 0.3) is 0 Å². The Morgan fingerprint density at radius 3 is 1.87 bits per heavy atom. The summed E-state index contributed by atoms with van der Waals surface area (Å²) in [5.41, 5.74) is 0.996. The fourth-order valence-electron chi connectivity index (χ4n) is 9.94. The molecule has 1 spiro atoms. The Morgan fingerprint density at radius 2 is 1.34 bits per heavy atom. The summed E-state index contributed by atoms with van der Waals surface area (Å²) in [6.45, 7) is 29.2. The van der Waals surface area contributed by atoms with Gasteiger partial charge in [0.25, 0.3) is 10.1 Å². The van der Waals surface area contributed by atoms with Crippen molar-refractivity contribution < 1.29 is 35.7 Å². The number of aryl methyl sites for hydroxylation is 1. The first-order chi connectivity index (χ1) is 24.9. The zero-order valence-corrected chi connectivity index (χ0v) is 38.4. The topological polar surface area (TPSA) is 89.5 Å². The minimum Gasteiger partial charge on any atom is -0.411 e. The number of hydrogen-bond donors (Lipinski definition) is 0. The van der Waals surface area contributed by atoms with Gasteiger partial charge in [-0.2, -0.15) is 8.42 Å². The molecule has 11 heteroatoms. The molecule has 3 fully saturated rings. The first kappa shape index (κ1) is 45.1. The smallest absolute Gasteiger partial charge is 0.297 e. The van der Waals surface area contributed by atoms with Crippen LogP contribution >= 0.6 is 0 Å². The summed E-state index contributed by atoms with van der Waals surface area (Å²) < 4.78 is 68.7. The summed E-state index contributed by atoms with van der Waals surface area (Å²) in [6, 6.07) is 12.7. The zero-order valence-electron chi connectivity index (χ0n) is 35.6. The van der Waals surface area contributed by atoms with Crippen molar-refractivity contribution in [3.63, 3.8) is 0 Å². The van der Waals surface area contributed by atoms with E-state index in [1.165, 1.54) is 0 Å². The van der Waals surface area contributed by atoms with Crippen LogP contribution in [0, 0.1) is 36.5 Å². The Kier molecular flexibility index (Phi) is 15.9. The lowest BCUT2D eigenvalue weighted by Crippen LogP contribution is -2.59. The second-order valence-electron chi connectivity index (χ2n) is 17.6. The van der Waals surface area contributed by atoms with E-state index in [4.69, 9.17) is 27.2 Å². The Balaban J connectivity index is 1.64. The van der Waals surface area contributed by atoms with Gasteiger partial charge in [-0.3, -0.25) is 4.18 Å². The van der Waals surface area contributed by atoms with E-state index in [2.05, 4.69) is 83.1 Å². The van der Waals surface area contributed by atoms with Gasteiger partial charge in [-0.15, -0.1) is 0 Å². The highest BCUT2D eigenvalue weighted by atomic mass is 32.2. The number of hydrogen-bond acceptors (Lipinski definition) is 8. The molecule has 0 saturated carbocycles. The second kappa shape index (κ2) is 18.7. The van der Waals surface area contributed by atoms with Gasteiger partial charge < -0.3 is 23.1 Å². The fraction of sp³-hybridized carbons (Fsp3) is 0.857. The first-order valence-corrected chi connectivity index (χ1v) is 27.7. The average Bonchev–Trinajstić information content (AvgIpc) is 3.55. The van der Waals surface area contributed by atoms with Gasteiger partial charge in [0.15, 0.2) is 22.4 Å². The predicted molar refractivity (Wildman–Crippen MR) is 220 cm³/mol. The van der Waals surface area contributed by atoms with Crippen LogP contribution in [0.5, 0.6) is 0 Å². The van der Waals surface area contributed by atoms with Crippen LogP contribution in [-0.4, -0.2) is 74.1 Å². The van der Waals surface area contributed by atoms with Gasteiger partial charge in [-0.1, -0.05) is 101 Å². The SMILES string of the molecule is CC[Si](CC)(CC)O[C@@H](COS(=O)(=O)c1ccc(C)cc1)C[C@H](O[Si](CC)(CC)CC)[C@@H]1C[C@@H]2O[C@@]3(C[C@H](C)[C@@H]2O1)C[C@H](C)[C@H](C(C)C)[C@H](C(C)C)O3. The van der Waals surface area contributed by atoms with Crippen LogP contribution in [0.1, 0.15) is 114 Å². The summed E-state index contributed by atoms with van der Waals surface area (Å²) in [5, 5.41) is 0. The Bertz CT molecular complexity index is 1370. The number of benzene rings is 1. The van der Waals surface area contributed by atoms with E-state index >= 15 is 0 Å². The molecule has 53 heavy (non-hydrogen) atoms. The molecule has 1 aromatic rings. The van der Waals surface area contributed by atoms with E-state index in [0.717, 1.165) is 54.7 Å². The quantitative estimate of drug-likeness (QED) is 0.101. The molecule has 0 aromatic heterocycles. The molecule has 0 amide bonds. The van der Waals surface area contributed by atoms with Crippen molar-refractivity contribution in [1.82, 2.24) is 0 Å². The lowest BCUT2D eigenvalue weighted by atomic mass is 9.70. The fourth-order valence-corrected chi connectivity index (χ4v) is 16.6. The molecule has 0 N–H and O–H groups in total. The van der Waals surface area contributed by atoms with Gasteiger partial charge in [-0.05, 0) is 84.9 Å². The normalized spacial score (nSPS) is 31.0. The van der Waals surface area contributed by atoms with Crippen molar-refractivity contribution in [3.8, 4) is 0 Å². The van der Waals surface area contributed by atoms with E-state index in [1.54, 1.807) is 24.3 Å². The molecule has 1 aromatic carbocycles. The Hall–Kier alpha value is -0.636. The number of ether oxygens (including phenoxy) is 3. The van der Waals surface area contributed by atoms with Crippen molar-refractivity contribution in [3.05, 3.63) is 29.8 Å². The molecular weight excluding hydrogens is 721 g/mol. The summed E-state index contributed by atoms with van der Waals surface area (Å²) in [6.07, 6.45) is 2.01. The van der Waals surface area contributed by atoms with Gasteiger partial charge in [0.1, 0.15) is 0 Å². The molecule has 306 valence electrons. The summed E-state index contributed by atoms with van der Waals surface area (Å²) >= 11 is 0. The third kappa shape index (κ3) is 10.5. The van der Waals surface area contributed by atoms with E-state index in [0.29, 0.717) is 36.5 Å². The van der Waals surface area contributed by atoms with Crippen molar-refractivity contribution in [2.24, 2.45) is 29.6 Å². The standard InChI is InChI=1S/C42H76O8SSi2/c1-14-52(15-2,16-3)49-34(28-45-51(43,44)35-22-20-31(11)21-23-35)24-37(50-53(17-4,18-5)19-6)36-25-38-41(46-36)33(13)27-42(47-38)26-32(12)39(29(7)8)40(48-42)30(9)10/h20-23,29-30,32-34,36-41H,14-19,24-28H2,1-13H3/t32-,33-,34+,36-,37-,38-,39-,40-,41-,42-/m0/s1. The molecule has 0 aliphatic carbocycles. The molecular formula is C42H76O8SSi2. The summed E-state index contributed by atoms with van der Waals surface area (Å²) in [7, 11) is -8.26. The molecule has 0 bridgehead atoms. The predicted octanol–water partition coefficient (Wildman–Crippen LogP) is 10.5. The maximum absolute atomic E-state index is 13.5. The van der Waals surface area contributed by atoms with Crippen LogP contribution in [0.15, 0.2) is 29.2 Å². The van der Waals surface area contributed by atoms with Gasteiger partial charge in [-0.25, -0.2) is 0 Å². The highest BCUT2D eigenvalue weighted by molar-refractivity contribution is 7.86. The maximum Gasteiger partial charge on any atom is 0.297 e. The highest BCUT2D eigenvalue weighted by Gasteiger charge is 2.57. The van der Waals surface area contributed by atoms with E-state index in [9.17, 15) is 8.42 Å². The third-order valence-corrected chi connectivity index (χ3v) is 24.1. The number of fused-ring (bicyclic) bond motifs is 1. The summed E-state index contributed by atoms with van der Waals surface area (Å²) in [4.78, 5) is 0.163. The van der Waals surface area contributed by atoms with Crippen LogP contribution < -0.4 is 0 Å². The molecule has 3 heterocycles. The van der Waals surface area contributed by atoms with Crippen molar-refractivity contribution >= 4 is 26.8 Å². The lowest BCUT2D eigenvalue weighted by Gasteiger charge is -2.54. The van der Waals surface area contributed by atoms with Crippen LogP contribution in [-0.2, 0) is 37.4 Å². The van der Waals surface area contributed by atoms with Gasteiger partial charge in [0.2, 0.25) is 0 Å². The second-order valence-corrected chi connectivity index (χ2v) is 28.7. The first-order valence-electron chi connectivity index (χ1n) is 21.3. The zero-order chi connectivity index (χ0) is 39.4. The van der Waals surface area contributed by atoms with Crippen LogP contribution in [0.4, 0.5) is 0 Å². The van der Waals surface area contributed by atoms with Crippen LogP contribution in [0.3, 0.4) is 0 Å². The largest absolute Gasteiger partial charge is 0.411 e. The van der Waals surface area contributed by atoms with Crippen molar-refractivity contribution in [2.75, 3.05) is 6.61 Å². The molecule has 0 radical (unpaired) electrons. The summed E-state index contributed by atoms with van der Waals surface area (Å²) in [5.74, 6) is 1.59. The Labute approximate surface area is 326 Å². The van der Waals surface area contributed by atoms with Crippen molar-refractivity contribution in [1.29, 1.82) is 0 Å². The van der Waals surface area contributed by atoms with Gasteiger partial charge in [0, 0.05) is 25.7 Å². The van der Waals surface area contributed by atoms with Crippen LogP contribution in [0.2, 0.25) is 36.3 Å². The number of rotatable bonds is 19. The van der Waals surface area contributed by atoms with Gasteiger partial charge in [0.05, 0.1) is 48.1 Å². The Morgan fingerprint density at radius 1 is 0.792 bits per heavy atom. The van der Waals surface area contributed by atoms with Crippen molar-refractivity contribution in [2.45, 2.75) is 199 Å². The van der Waals surface area contributed by atoms with Gasteiger partial charge >= 0.3 is 0 Å². The molecule has 4 rings (SSSR count). The minimum absolute atomic E-state index is 0.0511. The monoisotopic (exact) mass is 796 g/mol. The third-order valence-electron chi connectivity index (χ3n) is 13.5.